The Bertz CT molecular complexity index is 964. The van der Waals surface area contributed by atoms with Gasteiger partial charge < -0.3 is 9.47 Å². The van der Waals surface area contributed by atoms with Gasteiger partial charge in [0.15, 0.2) is 22.5 Å². The summed E-state index contributed by atoms with van der Waals surface area (Å²) in [6.45, 7) is 4.40. The van der Waals surface area contributed by atoms with Gasteiger partial charge in [0, 0.05) is 22.9 Å². The van der Waals surface area contributed by atoms with Crippen molar-refractivity contribution in [3.63, 3.8) is 0 Å². The largest absolute Gasteiger partial charge is 0.496 e. The van der Waals surface area contributed by atoms with Crippen molar-refractivity contribution in [2.24, 2.45) is 0 Å². The Balaban J connectivity index is 1.74. The quantitative estimate of drug-likeness (QED) is 0.355. The number of para-hydroxylation sites is 1. The fourth-order valence-electron chi connectivity index (χ4n) is 2.55. The van der Waals surface area contributed by atoms with E-state index in [4.69, 9.17) is 21.1 Å². The number of hydrogen-bond acceptors (Lipinski definition) is 5. The second-order valence-electron chi connectivity index (χ2n) is 5.76. The maximum Gasteiger partial charge on any atom is 0.191 e. The molecule has 0 radical (unpaired) electrons. The summed E-state index contributed by atoms with van der Waals surface area (Å²) in [4.78, 5) is 0. The van der Waals surface area contributed by atoms with Gasteiger partial charge in [0.05, 0.1) is 7.11 Å². The van der Waals surface area contributed by atoms with Gasteiger partial charge in [-0.15, -0.1) is 16.8 Å². The molecule has 3 rings (SSSR count). The Kier molecular flexibility index (Phi) is 6.95. The average Bonchev–Trinajstić information content (AvgIpc) is 3.08. The van der Waals surface area contributed by atoms with Crippen molar-refractivity contribution in [2.75, 3.05) is 7.11 Å². The van der Waals surface area contributed by atoms with Crippen LogP contribution in [-0.4, -0.2) is 21.9 Å². The molecule has 0 unspecified atom stereocenters. The molecule has 146 valence electrons. The molecule has 0 amide bonds. The minimum Gasteiger partial charge on any atom is -0.496 e. The molecule has 0 atom stereocenters. The SMILES string of the molecule is C=CCn1c(COc2ccccc2F)nnc1SCc1cc(Cl)ccc1OC. The zero-order chi connectivity index (χ0) is 19.9. The summed E-state index contributed by atoms with van der Waals surface area (Å²) in [6.07, 6.45) is 1.75. The van der Waals surface area contributed by atoms with Gasteiger partial charge in [-0.2, -0.15) is 0 Å². The molecular formula is C20H19ClFN3O2S. The molecule has 1 heterocycles. The number of hydrogen-bond donors (Lipinski definition) is 0. The van der Waals surface area contributed by atoms with E-state index in [1.807, 2.05) is 16.7 Å². The van der Waals surface area contributed by atoms with Gasteiger partial charge in [-0.05, 0) is 30.3 Å². The van der Waals surface area contributed by atoms with Crippen LogP contribution < -0.4 is 9.47 Å². The lowest BCUT2D eigenvalue weighted by Gasteiger charge is -2.11. The van der Waals surface area contributed by atoms with Crippen molar-refractivity contribution in [1.82, 2.24) is 14.8 Å². The Morgan fingerprint density at radius 1 is 1.21 bits per heavy atom. The number of aromatic nitrogens is 3. The first-order valence-electron chi connectivity index (χ1n) is 8.48. The number of allylic oxidation sites excluding steroid dienone is 1. The van der Waals surface area contributed by atoms with Gasteiger partial charge >= 0.3 is 0 Å². The molecule has 0 aliphatic rings. The molecule has 0 aliphatic carbocycles. The highest BCUT2D eigenvalue weighted by atomic mass is 35.5. The molecule has 3 aromatic rings. The molecule has 28 heavy (non-hydrogen) atoms. The van der Waals surface area contributed by atoms with Gasteiger partial charge in [-0.1, -0.05) is 41.6 Å². The summed E-state index contributed by atoms with van der Waals surface area (Å²) in [5, 5.41) is 9.78. The fourth-order valence-corrected chi connectivity index (χ4v) is 3.69. The second-order valence-corrected chi connectivity index (χ2v) is 7.14. The molecule has 0 spiro atoms. The topological polar surface area (TPSA) is 49.2 Å². The van der Waals surface area contributed by atoms with E-state index in [0.29, 0.717) is 28.3 Å². The van der Waals surface area contributed by atoms with Crippen molar-refractivity contribution < 1.29 is 13.9 Å². The number of rotatable bonds is 9. The number of benzene rings is 2. The van der Waals surface area contributed by atoms with Crippen LogP contribution in [0.3, 0.4) is 0 Å². The van der Waals surface area contributed by atoms with E-state index in [1.165, 1.54) is 17.8 Å². The predicted molar refractivity (Wildman–Crippen MR) is 109 cm³/mol. The van der Waals surface area contributed by atoms with Gasteiger partial charge in [0.25, 0.3) is 0 Å². The van der Waals surface area contributed by atoms with Crippen molar-refractivity contribution in [3.05, 3.63) is 77.3 Å². The minimum atomic E-state index is -0.417. The molecule has 0 saturated carbocycles. The number of methoxy groups -OCH3 is 1. The van der Waals surface area contributed by atoms with Crippen LogP contribution in [0.25, 0.3) is 0 Å². The third kappa shape index (κ3) is 4.85. The summed E-state index contributed by atoms with van der Waals surface area (Å²) in [5.41, 5.74) is 0.956. The summed E-state index contributed by atoms with van der Waals surface area (Å²) >= 11 is 7.59. The Labute approximate surface area is 172 Å². The average molecular weight is 420 g/mol. The van der Waals surface area contributed by atoms with E-state index in [1.54, 1.807) is 37.5 Å². The summed E-state index contributed by atoms with van der Waals surface area (Å²) in [7, 11) is 1.62. The van der Waals surface area contributed by atoms with Crippen LogP contribution in [-0.2, 0) is 18.9 Å². The standard InChI is InChI=1S/C20H19ClFN3O2S/c1-3-10-25-19(12-27-18-7-5-4-6-16(18)22)23-24-20(25)28-13-14-11-15(21)8-9-17(14)26-2/h3-9,11H,1,10,12-13H2,2H3. The molecule has 5 nitrogen and oxygen atoms in total. The normalized spacial score (nSPS) is 10.7. The van der Waals surface area contributed by atoms with Gasteiger partial charge in [0.2, 0.25) is 0 Å². The molecule has 0 N–H and O–H groups in total. The van der Waals surface area contributed by atoms with Gasteiger partial charge in [-0.3, -0.25) is 4.57 Å². The number of halogens is 2. The summed E-state index contributed by atoms with van der Waals surface area (Å²) in [6, 6.07) is 11.7. The van der Waals surface area contributed by atoms with Crippen molar-refractivity contribution in [1.29, 1.82) is 0 Å². The lowest BCUT2D eigenvalue weighted by molar-refractivity contribution is 0.275. The molecule has 0 bridgehead atoms. The first-order valence-corrected chi connectivity index (χ1v) is 9.84. The Morgan fingerprint density at radius 3 is 2.79 bits per heavy atom. The smallest absolute Gasteiger partial charge is 0.191 e. The third-order valence-corrected chi connectivity index (χ3v) is 5.15. The van der Waals surface area contributed by atoms with Gasteiger partial charge in [0.1, 0.15) is 12.4 Å². The number of nitrogens with zero attached hydrogens (tertiary/aromatic N) is 3. The lowest BCUT2D eigenvalue weighted by atomic mass is 10.2. The maximum atomic E-state index is 13.7. The first kappa shape index (κ1) is 20.2. The van der Waals surface area contributed by atoms with Crippen LogP contribution in [0.1, 0.15) is 11.4 Å². The van der Waals surface area contributed by atoms with E-state index < -0.39 is 5.82 Å². The Morgan fingerprint density at radius 2 is 2.04 bits per heavy atom. The van der Waals surface area contributed by atoms with Crippen LogP contribution in [0.15, 0.2) is 60.3 Å². The minimum absolute atomic E-state index is 0.100. The van der Waals surface area contributed by atoms with E-state index in [-0.39, 0.29) is 12.4 Å². The van der Waals surface area contributed by atoms with Crippen LogP contribution >= 0.6 is 23.4 Å². The second kappa shape index (κ2) is 9.61. The van der Waals surface area contributed by atoms with Crippen LogP contribution in [0.2, 0.25) is 5.02 Å². The molecule has 8 heteroatoms. The number of thioether (sulfide) groups is 1. The van der Waals surface area contributed by atoms with Crippen molar-refractivity contribution >= 4 is 23.4 Å². The van der Waals surface area contributed by atoms with Crippen molar-refractivity contribution in [3.8, 4) is 11.5 Å². The van der Waals surface area contributed by atoms with E-state index in [9.17, 15) is 4.39 Å². The molecule has 0 aliphatic heterocycles. The molecular weight excluding hydrogens is 401 g/mol. The van der Waals surface area contributed by atoms with E-state index >= 15 is 0 Å². The first-order chi connectivity index (χ1) is 13.6. The molecule has 2 aromatic carbocycles. The third-order valence-electron chi connectivity index (χ3n) is 3.90. The summed E-state index contributed by atoms with van der Waals surface area (Å²) in [5.74, 6) is 1.71. The van der Waals surface area contributed by atoms with E-state index in [2.05, 4.69) is 16.8 Å². The monoisotopic (exact) mass is 419 g/mol. The predicted octanol–water partition coefficient (Wildman–Crippen LogP) is 5.14. The highest BCUT2D eigenvalue weighted by molar-refractivity contribution is 7.98. The van der Waals surface area contributed by atoms with Gasteiger partial charge in [-0.25, -0.2) is 4.39 Å². The zero-order valence-electron chi connectivity index (χ0n) is 15.3. The molecule has 1 aromatic heterocycles. The molecule has 0 saturated heterocycles. The van der Waals surface area contributed by atoms with Crippen LogP contribution in [0.5, 0.6) is 11.5 Å². The number of ether oxygens (including phenoxy) is 2. The highest BCUT2D eigenvalue weighted by Crippen LogP contribution is 2.30. The summed E-state index contributed by atoms with van der Waals surface area (Å²) < 4.78 is 26.6. The highest BCUT2D eigenvalue weighted by Gasteiger charge is 2.14. The maximum absolute atomic E-state index is 13.7. The van der Waals surface area contributed by atoms with E-state index in [0.717, 1.165) is 11.3 Å². The van der Waals surface area contributed by atoms with Crippen LogP contribution in [0.4, 0.5) is 4.39 Å². The fraction of sp³-hybridized carbons (Fsp3) is 0.200. The van der Waals surface area contributed by atoms with Crippen molar-refractivity contribution in [2.45, 2.75) is 24.1 Å². The lowest BCUT2D eigenvalue weighted by Crippen LogP contribution is -2.08. The molecule has 0 fully saturated rings. The van der Waals surface area contributed by atoms with Crippen LogP contribution in [0, 0.1) is 5.82 Å². The zero-order valence-corrected chi connectivity index (χ0v) is 16.8. The Hall–Kier alpha value is -2.51.